The number of carbonyl (C=O) groups is 2. The number of hydrogen-bond donors (Lipinski definition) is 1. The average molecular weight is 418 g/mol. The lowest BCUT2D eigenvalue weighted by atomic mass is 10.1. The summed E-state index contributed by atoms with van der Waals surface area (Å²) >= 11 is 11.4. The van der Waals surface area contributed by atoms with Crippen molar-refractivity contribution < 1.29 is 14.0 Å². The first kappa shape index (κ1) is 20.0. The first-order valence-electron chi connectivity index (χ1n) is 8.47. The molecule has 2 aromatic rings. The molecule has 28 heavy (non-hydrogen) atoms. The Labute approximate surface area is 172 Å². The van der Waals surface area contributed by atoms with Crippen LogP contribution in [-0.4, -0.2) is 34.4 Å². The molecule has 8 heteroatoms. The monoisotopic (exact) mass is 417 g/mol. The normalized spacial score (nSPS) is 16.4. The highest BCUT2D eigenvalue weighted by molar-refractivity contribution is 7.80. The van der Waals surface area contributed by atoms with Crippen LogP contribution < -0.4 is 10.2 Å². The zero-order valence-corrected chi connectivity index (χ0v) is 16.3. The van der Waals surface area contributed by atoms with Crippen molar-refractivity contribution in [3.63, 3.8) is 0 Å². The van der Waals surface area contributed by atoms with Crippen molar-refractivity contribution in [2.24, 2.45) is 0 Å². The third kappa shape index (κ3) is 4.21. The molecule has 0 bridgehead atoms. The molecule has 1 aliphatic rings. The van der Waals surface area contributed by atoms with Crippen molar-refractivity contribution in [3.05, 3.63) is 72.0 Å². The highest BCUT2D eigenvalue weighted by Crippen LogP contribution is 2.27. The van der Waals surface area contributed by atoms with Gasteiger partial charge in [-0.1, -0.05) is 23.7 Å². The second-order valence-corrected chi connectivity index (χ2v) is 6.95. The van der Waals surface area contributed by atoms with Gasteiger partial charge in [0.05, 0.1) is 12.1 Å². The molecule has 0 radical (unpaired) electrons. The lowest BCUT2D eigenvalue weighted by Crippen LogP contribution is -2.37. The van der Waals surface area contributed by atoms with E-state index in [-0.39, 0.29) is 23.3 Å². The van der Waals surface area contributed by atoms with Crippen LogP contribution in [0.4, 0.5) is 15.8 Å². The smallest absolute Gasteiger partial charge is 0.256 e. The molecule has 0 unspecified atom stereocenters. The van der Waals surface area contributed by atoms with Crippen LogP contribution in [0.2, 0.25) is 5.02 Å². The van der Waals surface area contributed by atoms with Crippen molar-refractivity contribution in [1.82, 2.24) is 4.90 Å². The Morgan fingerprint density at radius 1 is 1.29 bits per heavy atom. The Kier molecular flexibility index (Phi) is 6.06. The number of hydrogen-bond acceptors (Lipinski definition) is 3. The van der Waals surface area contributed by atoms with Gasteiger partial charge in [0, 0.05) is 17.3 Å². The zero-order chi connectivity index (χ0) is 20.3. The lowest BCUT2D eigenvalue weighted by Gasteiger charge is -2.22. The molecule has 0 aliphatic carbocycles. The Morgan fingerprint density at radius 2 is 2.00 bits per heavy atom. The molecule has 1 atom stereocenters. The number of carbonyl (C=O) groups excluding carboxylic acids is 2. The summed E-state index contributed by atoms with van der Waals surface area (Å²) in [5.74, 6) is -1.11. The molecule has 1 fully saturated rings. The number of nitrogens with one attached hydrogen (secondary N) is 1. The van der Waals surface area contributed by atoms with Crippen molar-refractivity contribution >= 4 is 52.1 Å². The summed E-state index contributed by atoms with van der Waals surface area (Å²) in [4.78, 5) is 28.4. The van der Waals surface area contributed by atoms with Crippen LogP contribution in [-0.2, 0) is 9.59 Å². The van der Waals surface area contributed by atoms with Crippen LogP contribution in [0.1, 0.15) is 6.42 Å². The second-order valence-electron chi connectivity index (χ2n) is 6.15. The average Bonchev–Trinajstić information content (AvgIpc) is 2.87. The number of rotatable bonds is 6. The van der Waals surface area contributed by atoms with Gasteiger partial charge in [0.25, 0.3) is 5.91 Å². The van der Waals surface area contributed by atoms with E-state index in [1.807, 2.05) is 0 Å². The Bertz CT molecular complexity index is 935. The van der Waals surface area contributed by atoms with E-state index in [4.69, 9.17) is 23.8 Å². The third-order valence-electron chi connectivity index (χ3n) is 4.22. The van der Waals surface area contributed by atoms with Crippen LogP contribution in [0.5, 0.6) is 0 Å². The minimum Gasteiger partial charge on any atom is -0.332 e. The molecule has 0 saturated carbocycles. The van der Waals surface area contributed by atoms with E-state index in [2.05, 4.69) is 11.9 Å². The van der Waals surface area contributed by atoms with Gasteiger partial charge in [0.15, 0.2) is 5.11 Å². The first-order chi connectivity index (χ1) is 13.4. The van der Waals surface area contributed by atoms with Crippen molar-refractivity contribution in [2.45, 2.75) is 12.5 Å². The Morgan fingerprint density at radius 3 is 2.64 bits per heavy atom. The summed E-state index contributed by atoms with van der Waals surface area (Å²) in [6, 6.07) is 11.4. The van der Waals surface area contributed by atoms with Gasteiger partial charge in [0.2, 0.25) is 5.91 Å². The molecule has 2 aromatic carbocycles. The molecule has 0 spiro atoms. The van der Waals surface area contributed by atoms with Gasteiger partial charge in [0.1, 0.15) is 11.9 Å². The van der Waals surface area contributed by atoms with Crippen molar-refractivity contribution in [1.29, 1.82) is 0 Å². The number of nitrogens with zero attached hydrogens (tertiary/aromatic N) is 2. The predicted octanol–water partition coefficient (Wildman–Crippen LogP) is 4.00. The van der Waals surface area contributed by atoms with E-state index in [0.717, 1.165) is 0 Å². The summed E-state index contributed by atoms with van der Waals surface area (Å²) < 4.78 is 13.2. The highest BCUT2D eigenvalue weighted by atomic mass is 35.5. The summed E-state index contributed by atoms with van der Waals surface area (Å²) in [5.41, 5.74) is 0.986. The fourth-order valence-corrected chi connectivity index (χ4v) is 3.55. The molecule has 3 rings (SSSR count). The Hall–Kier alpha value is -2.77. The number of thiocarbonyl (C=S) groups is 1. The SMILES string of the molecule is C=CCN1C(=S)N(c2ccc(F)cc2)C(=O)[C@@H]1CC(=O)Nc1cccc(Cl)c1. The number of benzene rings is 2. The predicted molar refractivity (Wildman–Crippen MR) is 112 cm³/mol. The van der Waals surface area contributed by atoms with Crippen LogP contribution in [0.25, 0.3) is 0 Å². The molecular formula is C20H17ClFN3O2S. The number of amides is 2. The molecule has 0 aromatic heterocycles. The largest absolute Gasteiger partial charge is 0.332 e. The van der Waals surface area contributed by atoms with Crippen LogP contribution in [0.3, 0.4) is 0 Å². The summed E-state index contributed by atoms with van der Waals surface area (Å²) in [6.07, 6.45) is 1.51. The molecule has 2 amide bonds. The summed E-state index contributed by atoms with van der Waals surface area (Å²) in [5, 5.41) is 3.47. The van der Waals surface area contributed by atoms with Gasteiger partial charge >= 0.3 is 0 Å². The minimum absolute atomic E-state index is 0.100. The fraction of sp³-hybridized carbons (Fsp3) is 0.150. The fourth-order valence-electron chi connectivity index (χ4n) is 2.96. The van der Waals surface area contributed by atoms with Crippen molar-refractivity contribution in [3.8, 4) is 0 Å². The summed E-state index contributed by atoms with van der Waals surface area (Å²) in [7, 11) is 0. The summed E-state index contributed by atoms with van der Waals surface area (Å²) in [6.45, 7) is 3.99. The van der Waals surface area contributed by atoms with Crippen LogP contribution >= 0.6 is 23.8 Å². The maximum absolute atomic E-state index is 13.2. The molecule has 5 nitrogen and oxygen atoms in total. The topological polar surface area (TPSA) is 52.7 Å². The van der Waals surface area contributed by atoms with Gasteiger partial charge in [-0.15, -0.1) is 6.58 Å². The van der Waals surface area contributed by atoms with E-state index in [1.54, 1.807) is 35.2 Å². The van der Waals surface area contributed by atoms with E-state index in [9.17, 15) is 14.0 Å². The second kappa shape index (κ2) is 8.50. The Balaban J connectivity index is 1.80. The first-order valence-corrected chi connectivity index (χ1v) is 9.26. The van der Waals surface area contributed by atoms with Gasteiger partial charge in [-0.3, -0.25) is 14.5 Å². The standard InChI is InChI=1S/C20H17ClFN3O2S/c1-2-10-24-17(12-18(26)23-15-5-3-4-13(21)11-15)19(27)25(20(24)28)16-8-6-14(22)7-9-16/h2-9,11,17H,1,10,12H2,(H,23,26)/t17-/m0/s1. The minimum atomic E-state index is -0.783. The lowest BCUT2D eigenvalue weighted by molar-refractivity contribution is -0.124. The third-order valence-corrected chi connectivity index (χ3v) is 4.87. The quantitative estimate of drug-likeness (QED) is 0.570. The maximum Gasteiger partial charge on any atom is 0.256 e. The van der Waals surface area contributed by atoms with Crippen LogP contribution in [0, 0.1) is 5.82 Å². The molecule has 1 heterocycles. The number of anilines is 2. The van der Waals surface area contributed by atoms with Gasteiger partial charge < -0.3 is 10.2 Å². The van der Waals surface area contributed by atoms with E-state index < -0.39 is 11.9 Å². The van der Waals surface area contributed by atoms with Crippen LogP contribution in [0.15, 0.2) is 61.2 Å². The van der Waals surface area contributed by atoms with E-state index >= 15 is 0 Å². The maximum atomic E-state index is 13.2. The molecule has 1 aliphatic heterocycles. The van der Waals surface area contributed by atoms with Gasteiger partial charge in [-0.25, -0.2) is 4.39 Å². The van der Waals surface area contributed by atoms with E-state index in [0.29, 0.717) is 22.9 Å². The number of halogens is 2. The molecule has 1 saturated heterocycles. The van der Waals surface area contributed by atoms with Gasteiger partial charge in [-0.05, 0) is 54.7 Å². The molecule has 1 N–H and O–H groups in total. The molecular weight excluding hydrogens is 401 g/mol. The molecule has 144 valence electrons. The highest BCUT2D eigenvalue weighted by Gasteiger charge is 2.43. The van der Waals surface area contributed by atoms with Gasteiger partial charge in [-0.2, -0.15) is 0 Å². The van der Waals surface area contributed by atoms with Crippen molar-refractivity contribution in [2.75, 3.05) is 16.8 Å². The van der Waals surface area contributed by atoms with E-state index in [1.165, 1.54) is 29.2 Å². The zero-order valence-electron chi connectivity index (χ0n) is 14.8.